The monoisotopic (exact) mass is 247 g/mol. The van der Waals surface area contributed by atoms with Crippen molar-refractivity contribution in [3.8, 4) is 12.3 Å². The van der Waals surface area contributed by atoms with Crippen molar-refractivity contribution in [2.24, 2.45) is 5.92 Å². The second kappa shape index (κ2) is 6.53. The summed E-state index contributed by atoms with van der Waals surface area (Å²) in [6.07, 6.45) is 10.1. The van der Waals surface area contributed by atoms with E-state index < -0.39 is 0 Å². The summed E-state index contributed by atoms with van der Waals surface area (Å²) in [6, 6.07) is 0. The number of terminal acetylenes is 1. The molecule has 0 saturated heterocycles. The molecule has 0 radical (unpaired) electrons. The lowest BCUT2D eigenvalue weighted by molar-refractivity contribution is 0.276. The zero-order valence-electron chi connectivity index (χ0n) is 11.0. The summed E-state index contributed by atoms with van der Waals surface area (Å²) in [5.41, 5.74) is 0.975. The van der Waals surface area contributed by atoms with Crippen LogP contribution in [0.15, 0.2) is 6.20 Å². The molecule has 0 amide bonds. The largest absolute Gasteiger partial charge is 0.314 e. The molecule has 1 fully saturated rings. The van der Waals surface area contributed by atoms with Crippen molar-refractivity contribution in [2.75, 3.05) is 26.7 Å². The molecule has 0 bridgehead atoms. The van der Waals surface area contributed by atoms with Crippen LogP contribution in [0.25, 0.3) is 0 Å². The van der Waals surface area contributed by atoms with Crippen molar-refractivity contribution in [3.05, 3.63) is 11.9 Å². The number of nitrogens with one attached hydrogen (secondary N) is 1. The Labute approximate surface area is 109 Å². The number of hydrogen-bond donors (Lipinski definition) is 1. The molecule has 18 heavy (non-hydrogen) atoms. The highest BCUT2D eigenvalue weighted by atomic mass is 15.4. The average molecular weight is 247 g/mol. The third kappa shape index (κ3) is 4.13. The van der Waals surface area contributed by atoms with Gasteiger partial charge in [-0.1, -0.05) is 11.1 Å². The van der Waals surface area contributed by atoms with Gasteiger partial charge in [-0.2, -0.15) is 0 Å². The van der Waals surface area contributed by atoms with E-state index in [1.54, 1.807) is 0 Å². The zero-order chi connectivity index (χ0) is 12.8. The predicted octanol–water partition coefficient (Wildman–Crippen LogP) is 0.343. The van der Waals surface area contributed by atoms with Crippen molar-refractivity contribution in [3.63, 3.8) is 0 Å². The summed E-state index contributed by atoms with van der Waals surface area (Å²) in [5.74, 6) is 3.60. The first-order valence-corrected chi connectivity index (χ1v) is 6.51. The third-order valence-electron chi connectivity index (χ3n) is 3.12. The van der Waals surface area contributed by atoms with Gasteiger partial charge in [-0.05, 0) is 25.8 Å². The topological polar surface area (TPSA) is 46.0 Å². The van der Waals surface area contributed by atoms with Crippen molar-refractivity contribution in [1.29, 1.82) is 0 Å². The molecule has 0 aromatic carbocycles. The normalized spacial score (nSPS) is 14.9. The highest BCUT2D eigenvalue weighted by molar-refractivity contribution is 4.92. The molecule has 5 heteroatoms. The van der Waals surface area contributed by atoms with Crippen LogP contribution in [0.1, 0.15) is 18.5 Å². The minimum atomic E-state index is 0.731. The number of rotatable bonds is 8. The molecule has 1 heterocycles. The smallest absolute Gasteiger partial charge is 0.0964 e. The molecular weight excluding hydrogens is 226 g/mol. The summed E-state index contributed by atoms with van der Waals surface area (Å²) in [7, 11) is 1.91. The number of nitrogens with zero attached hydrogens (tertiary/aromatic N) is 4. The molecule has 1 saturated carbocycles. The van der Waals surface area contributed by atoms with Gasteiger partial charge in [-0.25, -0.2) is 0 Å². The van der Waals surface area contributed by atoms with E-state index in [9.17, 15) is 0 Å². The summed E-state index contributed by atoms with van der Waals surface area (Å²) in [5, 5.41) is 11.3. The SMILES string of the molecule is C#CCN(CCn1cc(CNC)nn1)CC1CC1. The second-order valence-corrected chi connectivity index (χ2v) is 4.89. The molecular formula is C13H21N5. The number of aromatic nitrogens is 3. The highest BCUT2D eigenvalue weighted by Gasteiger charge is 2.23. The Morgan fingerprint density at radius 1 is 1.61 bits per heavy atom. The van der Waals surface area contributed by atoms with Crippen LogP contribution >= 0.6 is 0 Å². The maximum Gasteiger partial charge on any atom is 0.0964 e. The number of hydrogen-bond acceptors (Lipinski definition) is 4. The highest BCUT2D eigenvalue weighted by Crippen LogP contribution is 2.29. The Morgan fingerprint density at radius 2 is 2.44 bits per heavy atom. The van der Waals surface area contributed by atoms with E-state index in [1.807, 2.05) is 17.9 Å². The Kier molecular flexibility index (Phi) is 4.73. The fraction of sp³-hybridized carbons (Fsp3) is 0.692. The lowest BCUT2D eigenvalue weighted by Crippen LogP contribution is -2.30. The van der Waals surface area contributed by atoms with Crippen LogP contribution in [0.5, 0.6) is 0 Å². The van der Waals surface area contributed by atoms with Gasteiger partial charge in [0.25, 0.3) is 0 Å². The van der Waals surface area contributed by atoms with Crippen molar-refractivity contribution in [1.82, 2.24) is 25.2 Å². The quantitative estimate of drug-likeness (QED) is 0.673. The summed E-state index contributed by atoms with van der Waals surface area (Å²) < 4.78 is 1.89. The Morgan fingerprint density at radius 3 is 3.11 bits per heavy atom. The van der Waals surface area contributed by atoms with Crippen LogP contribution < -0.4 is 5.32 Å². The minimum absolute atomic E-state index is 0.731. The molecule has 1 aliphatic rings. The van der Waals surface area contributed by atoms with Crippen LogP contribution in [0, 0.1) is 18.3 Å². The van der Waals surface area contributed by atoms with Gasteiger partial charge in [0.05, 0.1) is 18.8 Å². The molecule has 2 rings (SSSR count). The lowest BCUT2D eigenvalue weighted by Gasteiger charge is -2.18. The summed E-state index contributed by atoms with van der Waals surface area (Å²) in [6.45, 7) is 4.42. The van der Waals surface area contributed by atoms with E-state index in [2.05, 4.69) is 26.4 Å². The van der Waals surface area contributed by atoms with E-state index in [4.69, 9.17) is 6.42 Å². The van der Waals surface area contributed by atoms with Gasteiger partial charge in [0.1, 0.15) is 0 Å². The molecule has 1 aromatic heterocycles. The van der Waals surface area contributed by atoms with Gasteiger partial charge >= 0.3 is 0 Å². The minimum Gasteiger partial charge on any atom is -0.314 e. The predicted molar refractivity (Wildman–Crippen MR) is 70.8 cm³/mol. The average Bonchev–Trinajstić information content (AvgIpc) is 3.06. The van der Waals surface area contributed by atoms with Crippen LogP contribution in [0.3, 0.4) is 0 Å². The van der Waals surface area contributed by atoms with E-state index in [0.717, 1.165) is 44.3 Å². The first-order chi connectivity index (χ1) is 8.81. The van der Waals surface area contributed by atoms with Crippen LogP contribution in [0.2, 0.25) is 0 Å². The van der Waals surface area contributed by atoms with Crippen molar-refractivity contribution < 1.29 is 0 Å². The van der Waals surface area contributed by atoms with E-state index in [1.165, 1.54) is 12.8 Å². The fourth-order valence-electron chi connectivity index (χ4n) is 1.98. The second-order valence-electron chi connectivity index (χ2n) is 4.89. The van der Waals surface area contributed by atoms with E-state index in [-0.39, 0.29) is 0 Å². The van der Waals surface area contributed by atoms with Gasteiger partial charge in [0.15, 0.2) is 0 Å². The molecule has 0 atom stereocenters. The molecule has 1 aromatic rings. The molecule has 0 unspecified atom stereocenters. The van der Waals surface area contributed by atoms with Crippen LogP contribution in [-0.4, -0.2) is 46.6 Å². The molecule has 5 nitrogen and oxygen atoms in total. The Balaban J connectivity index is 1.77. The first-order valence-electron chi connectivity index (χ1n) is 6.51. The van der Waals surface area contributed by atoms with Gasteiger partial charge < -0.3 is 5.32 Å². The first kappa shape index (κ1) is 13.1. The fourth-order valence-corrected chi connectivity index (χ4v) is 1.98. The Bertz CT molecular complexity index is 402. The third-order valence-corrected chi connectivity index (χ3v) is 3.12. The van der Waals surface area contributed by atoms with Crippen molar-refractivity contribution in [2.45, 2.75) is 25.9 Å². The molecule has 1 N–H and O–H groups in total. The van der Waals surface area contributed by atoms with E-state index in [0.29, 0.717) is 0 Å². The van der Waals surface area contributed by atoms with Gasteiger partial charge in [0, 0.05) is 25.8 Å². The van der Waals surface area contributed by atoms with Crippen LogP contribution in [-0.2, 0) is 13.1 Å². The van der Waals surface area contributed by atoms with Gasteiger partial charge in [-0.15, -0.1) is 11.5 Å². The summed E-state index contributed by atoms with van der Waals surface area (Å²) >= 11 is 0. The lowest BCUT2D eigenvalue weighted by atomic mass is 10.3. The zero-order valence-corrected chi connectivity index (χ0v) is 11.0. The summed E-state index contributed by atoms with van der Waals surface area (Å²) in [4.78, 5) is 2.33. The standard InChI is InChI=1S/C13H21N5/c1-3-6-17(10-12-4-5-12)7-8-18-11-13(9-14-2)15-16-18/h1,11-12,14H,4-10H2,2H3. The maximum atomic E-state index is 5.40. The molecule has 0 spiro atoms. The molecule has 98 valence electrons. The van der Waals surface area contributed by atoms with Crippen molar-refractivity contribution >= 4 is 0 Å². The van der Waals surface area contributed by atoms with Gasteiger partial charge in [0.2, 0.25) is 0 Å². The molecule has 0 aliphatic heterocycles. The molecule has 1 aliphatic carbocycles. The van der Waals surface area contributed by atoms with E-state index >= 15 is 0 Å². The maximum absolute atomic E-state index is 5.40. The Hall–Kier alpha value is -1.38. The van der Waals surface area contributed by atoms with Crippen LogP contribution in [0.4, 0.5) is 0 Å². The van der Waals surface area contributed by atoms with Gasteiger partial charge in [-0.3, -0.25) is 9.58 Å².